The zero-order valence-corrected chi connectivity index (χ0v) is 10.9. The highest BCUT2D eigenvalue weighted by Crippen LogP contribution is 2.25. The van der Waals surface area contributed by atoms with E-state index in [1.54, 1.807) is 0 Å². The van der Waals surface area contributed by atoms with E-state index in [0.29, 0.717) is 12.2 Å². The van der Waals surface area contributed by atoms with E-state index < -0.39 is 24.0 Å². The first-order valence-electron chi connectivity index (χ1n) is 5.68. The minimum atomic E-state index is -1.09. The lowest BCUT2D eigenvalue weighted by atomic mass is 10.1. The molecule has 1 aliphatic carbocycles. The summed E-state index contributed by atoms with van der Waals surface area (Å²) in [6.45, 7) is 1.26. The molecule has 1 amide bonds. The lowest BCUT2D eigenvalue weighted by Gasteiger charge is -2.14. The number of aliphatic carboxylic acids is 1. The summed E-state index contributed by atoms with van der Waals surface area (Å²) >= 11 is 1.31. The molecule has 0 saturated heterocycles. The van der Waals surface area contributed by atoms with Crippen molar-refractivity contribution in [1.29, 1.82) is 0 Å². The van der Waals surface area contributed by atoms with E-state index in [-0.39, 0.29) is 23.9 Å². The number of aliphatic hydroxyl groups is 1. The second kappa shape index (κ2) is 6.75. The van der Waals surface area contributed by atoms with Crippen molar-refractivity contribution in [2.24, 2.45) is 5.92 Å². The smallest absolute Gasteiger partial charge is 0.327 e. The van der Waals surface area contributed by atoms with Crippen LogP contribution in [-0.4, -0.2) is 51.5 Å². The number of hydrogen-bond acceptors (Lipinski definition) is 5. The molecule has 6 nitrogen and oxygen atoms in total. The Labute approximate surface area is 109 Å². The van der Waals surface area contributed by atoms with E-state index in [1.807, 2.05) is 0 Å². The summed E-state index contributed by atoms with van der Waals surface area (Å²) in [5.41, 5.74) is 0. The molecule has 3 atom stereocenters. The number of rotatable bonds is 6. The first-order valence-corrected chi connectivity index (χ1v) is 6.84. The largest absolute Gasteiger partial charge is 0.480 e. The molecule has 1 saturated carbocycles. The molecule has 0 bridgehead atoms. The minimum Gasteiger partial charge on any atom is -0.480 e. The summed E-state index contributed by atoms with van der Waals surface area (Å²) in [7, 11) is 0. The van der Waals surface area contributed by atoms with Crippen molar-refractivity contribution in [2.75, 3.05) is 11.5 Å². The highest BCUT2D eigenvalue weighted by Gasteiger charge is 2.31. The Hall–Kier alpha value is -1.08. The van der Waals surface area contributed by atoms with Crippen LogP contribution in [0.2, 0.25) is 0 Å². The molecule has 0 aliphatic heterocycles. The summed E-state index contributed by atoms with van der Waals surface area (Å²) in [6.07, 6.45) is 0.0805. The molecule has 0 aromatic rings. The number of Topliss-reactive ketones (excluding diaryl/α,β-unsaturated/α-hetero) is 1. The van der Waals surface area contributed by atoms with Crippen LogP contribution in [0.1, 0.15) is 19.8 Å². The van der Waals surface area contributed by atoms with Gasteiger partial charge >= 0.3 is 5.97 Å². The van der Waals surface area contributed by atoms with E-state index in [2.05, 4.69) is 5.32 Å². The molecule has 3 N–H and O–H groups in total. The second-order valence-corrected chi connectivity index (χ2v) is 5.46. The van der Waals surface area contributed by atoms with Gasteiger partial charge in [-0.25, -0.2) is 4.79 Å². The van der Waals surface area contributed by atoms with E-state index in [1.165, 1.54) is 18.7 Å². The molecule has 1 aliphatic rings. The van der Waals surface area contributed by atoms with Crippen molar-refractivity contribution >= 4 is 29.4 Å². The Morgan fingerprint density at radius 1 is 1.56 bits per heavy atom. The number of carboxylic acid groups (broad SMARTS) is 1. The minimum absolute atomic E-state index is 0.0291. The van der Waals surface area contributed by atoms with E-state index in [4.69, 9.17) is 5.11 Å². The van der Waals surface area contributed by atoms with Crippen molar-refractivity contribution in [3.05, 3.63) is 0 Å². The topological polar surface area (TPSA) is 104 Å². The van der Waals surface area contributed by atoms with Gasteiger partial charge in [0.1, 0.15) is 11.8 Å². The summed E-state index contributed by atoms with van der Waals surface area (Å²) in [4.78, 5) is 33.1. The van der Waals surface area contributed by atoms with Gasteiger partial charge in [-0.3, -0.25) is 9.59 Å². The third-order valence-corrected chi connectivity index (χ3v) is 3.93. The van der Waals surface area contributed by atoms with Gasteiger partial charge < -0.3 is 15.5 Å². The summed E-state index contributed by atoms with van der Waals surface area (Å²) < 4.78 is 0. The SMILES string of the molecule is CC(=O)N[C@@H](CSCC1C[C@@H](O)CC1=O)C(=O)O. The quantitative estimate of drug-likeness (QED) is 0.612. The predicted molar refractivity (Wildman–Crippen MR) is 66.3 cm³/mol. The fourth-order valence-corrected chi connectivity index (χ4v) is 3.06. The first kappa shape index (κ1) is 15.0. The lowest BCUT2D eigenvalue weighted by Crippen LogP contribution is -2.41. The van der Waals surface area contributed by atoms with Gasteiger partial charge in [0.05, 0.1) is 6.10 Å². The highest BCUT2D eigenvalue weighted by molar-refractivity contribution is 7.99. The fraction of sp³-hybridized carbons (Fsp3) is 0.727. The predicted octanol–water partition coefficient (Wildman–Crippen LogP) is -0.351. The standard InChI is InChI=1S/C11H17NO5S/c1-6(13)12-9(11(16)17)5-18-4-7-2-8(14)3-10(7)15/h7-9,14H,2-5H2,1H3,(H,12,13)(H,16,17)/t7?,8-,9+/m1/s1. The molecule has 102 valence electrons. The van der Waals surface area contributed by atoms with Gasteiger partial charge in [0, 0.05) is 30.8 Å². The maximum Gasteiger partial charge on any atom is 0.327 e. The third-order valence-electron chi connectivity index (χ3n) is 2.73. The fourth-order valence-electron chi connectivity index (χ4n) is 1.85. The van der Waals surface area contributed by atoms with Crippen molar-refractivity contribution < 1.29 is 24.6 Å². The molecule has 7 heteroatoms. The number of nitrogens with one attached hydrogen (secondary N) is 1. The number of carbonyl (C=O) groups is 3. The molecule has 18 heavy (non-hydrogen) atoms. The molecular formula is C11H17NO5S. The van der Waals surface area contributed by atoms with Gasteiger partial charge in [-0.1, -0.05) is 0 Å². The molecule has 0 radical (unpaired) electrons. The van der Waals surface area contributed by atoms with Crippen LogP contribution in [0.25, 0.3) is 0 Å². The number of amides is 1. The van der Waals surface area contributed by atoms with Crippen LogP contribution in [0.4, 0.5) is 0 Å². The number of hydrogen-bond donors (Lipinski definition) is 3. The van der Waals surface area contributed by atoms with Crippen molar-refractivity contribution in [2.45, 2.75) is 31.9 Å². The van der Waals surface area contributed by atoms with Crippen LogP contribution in [0, 0.1) is 5.92 Å². The Morgan fingerprint density at radius 3 is 2.67 bits per heavy atom. The summed E-state index contributed by atoms with van der Waals surface area (Å²) in [5.74, 6) is -0.947. The first-order chi connectivity index (χ1) is 8.40. The molecule has 0 aromatic carbocycles. The van der Waals surface area contributed by atoms with Crippen LogP contribution in [-0.2, 0) is 14.4 Å². The monoisotopic (exact) mass is 275 g/mol. The molecule has 0 heterocycles. The normalized spacial score (nSPS) is 24.9. The molecule has 1 unspecified atom stereocenters. The summed E-state index contributed by atoms with van der Waals surface area (Å²) in [5, 5.41) is 20.5. The molecule has 0 spiro atoms. The zero-order valence-electron chi connectivity index (χ0n) is 10.1. The molecule has 1 rings (SSSR count). The third kappa shape index (κ3) is 4.66. The Bertz CT molecular complexity index is 346. The molecule has 1 fully saturated rings. The molecule has 0 aromatic heterocycles. The van der Waals surface area contributed by atoms with Crippen LogP contribution in [0.3, 0.4) is 0 Å². The maximum atomic E-state index is 11.4. The number of aliphatic hydroxyl groups excluding tert-OH is 1. The highest BCUT2D eigenvalue weighted by atomic mass is 32.2. The maximum absolute atomic E-state index is 11.4. The van der Waals surface area contributed by atoms with Crippen LogP contribution in [0.15, 0.2) is 0 Å². The van der Waals surface area contributed by atoms with Crippen molar-refractivity contribution in [3.8, 4) is 0 Å². The summed E-state index contributed by atoms with van der Waals surface area (Å²) in [6, 6.07) is -0.936. The van der Waals surface area contributed by atoms with Crippen LogP contribution < -0.4 is 5.32 Å². The lowest BCUT2D eigenvalue weighted by molar-refractivity contribution is -0.140. The Balaban J connectivity index is 2.32. The second-order valence-electron chi connectivity index (χ2n) is 4.39. The van der Waals surface area contributed by atoms with E-state index in [9.17, 15) is 19.5 Å². The van der Waals surface area contributed by atoms with Gasteiger partial charge in [0.25, 0.3) is 0 Å². The van der Waals surface area contributed by atoms with E-state index in [0.717, 1.165) is 0 Å². The van der Waals surface area contributed by atoms with Gasteiger partial charge in [-0.05, 0) is 6.42 Å². The van der Waals surface area contributed by atoms with Crippen LogP contribution >= 0.6 is 11.8 Å². The van der Waals surface area contributed by atoms with Crippen molar-refractivity contribution in [1.82, 2.24) is 5.32 Å². The van der Waals surface area contributed by atoms with Gasteiger partial charge in [-0.2, -0.15) is 11.8 Å². The number of ketones is 1. The molecular weight excluding hydrogens is 258 g/mol. The Morgan fingerprint density at radius 2 is 2.22 bits per heavy atom. The Kier molecular flexibility index (Phi) is 5.61. The number of thioether (sulfide) groups is 1. The van der Waals surface area contributed by atoms with Gasteiger partial charge in [0.2, 0.25) is 5.91 Å². The van der Waals surface area contributed by atoms with Crippen molar-refractivity contribution in [3.63, 3.8) is 0 Å². The van der Waals surface area contributed by atoms with Gasteiger partial charge in [-0.15, -0.1) is 0 Å². The average molecular weight is 275 g/mol. The van der Waals surface area contributed by atoms with E-state index >= 15 is 0 Å². The average Bonchev–Trinajstić information content (AvgIpc) is 2.55. The number of carboxylic acids is 1. The number of carbonyl (C=O) groups excluding carboxylic acids is 2. The zero-order chi connectivity index (χ0) is 13.7. The van der Waals surface area contributed by atoms with Crippen LogP contribution in [0.5, 0.6) is 0 Å². The van der Waals surface area contributed by atoms with Gasteiger partial charge in [0.15, 0.2) is 0 Å².